The number of rotatable bonds is 2. The van der Waals surface area contributed by atoms with Gasteiger partial charge in [-0.05, 0) is 19.3 Å². The average molecular weight is 170 g/mol. The smallest absolute Gasteiger partial charge is 0.316 e. The third-order valence-electron chi connectivity index (χ3n) is 2.30. The summed E-state index contributed by atoms with van der Waals surface area (Å²) in [4.78, 5) is 22.4. The molecule has 0 aliphatic heterocycles. The van der Waals surface area contributed by atoms with Crippen LogP contribution in [0.25, 0.3) is 0 Å². The second-order valence-electron chi connectivity index (χ2n) is 3.21. The number of Topliss-reactive ketones (excluding diaryl/α,β-unsaturated/α-hetero) is 1. The molecule has 1 aliphatic rings. The predicted octanol–water partition coefficient (Wildman–Crippen LogP) is 1.16. The highest BCUT2D eigenvalue weighted by Gasteiger charge is 2.38. The van der Waals surface area contributed by atoms with E-state index in [4.69, 9.17) is 4.74 Å². The van der Waals surface area contributed by atoms with Crippen LogP contribution in [-0.2, 0) is 14.3 Å². The molecule has 1 aliphatic carbocycles. The summed E-state index contributed by atoms with van der Waals surface area (Å²) in [6, 6.07) is 0. The van der Waals surface area contributed by atoms with Gasteiger partial charge in [-0.3, -0.25) is 9.59 Å². The van der Waals surface area contributed by atoms with Gasteiger partial charge >= 0.3 is 5.97 Å². The highest BCUT2D eigenvalue weighted by atomic mass is 16.5. The zero-order valence-electron chi connectivity index (χ0n) is 7.50. The first-order valence-electron chi connectivity index (χ1n) is 4.36. The second-order valence-corrected chi connectivity index (χ2v) is 3.21. The molecule has 3 nitrogen and oxygen atoms in total. The van der Waals surface area contributed by atoms with E-state index in [0.29, 0.717) is 13.0 Å². The highest BCUT2D eigenvalue weighted by molar-refractivity contribution is 6.00. The number of ether oxygens (including phenoxy) is 1. The summed E-state index contributed by atoms with van der Waals surface area (Å²) < 4.78 is 4.81. The molecule has 3 heteroatoms. The molecule has 0 amide bonds. The summed E-state index contributed by atoms with van der Waals surface area (Å²) >= 11 is 0. The van der Waals surface area contributed by atoms with E-state index >= 15 is 0 Å². The summed E-state index contributed by atoms with van der Waals surface area (Å²) in [6.07, 6.45) is 1.35. The van der Waals surface area contributed by atoms with E-state index in [2.05, 4.69) is 0 Å². The van der Waals surface area contributed by atoms with E-state index in [1.54, 1.807) is 6.92 Å². The lowest BCUT2D eigenvalue weighted by Gasteiger charge is -2.11. The number of hydrogen-bond donors (Lipinski definition) is 0. The summed E-state index contributed by atoms with van der Waals surface area (Å²) in [5.74, 6) is -0.616. The first kappa shape index (κ1) is 9.23. The topological polar surface area (TPSA) is 43.4 Å². The fourth-order valence-electron chi connectivity index (χ4n) is 1.61. The monoisotopic (exact) mass is 170 g/mol. The van der Waals surface area contributed by atoms with Crippen LogP contribution in [0, 0.1) is 11.8 Å². The van der Waals surface area contributed by atoms with Crippen LogP contribution in [0.15, 0.2) is 0 Å². The van der Waals surface area contributed by atoms with Crippen LogP contribution in [0.2, 0.25) is 0 Å². The standard InChI is InChI=1S/C9H14O3/c1-3-12-9(11)8-6(2)4-5-7(8)10/h6,8H,3-5H2,1-2H3. The zero-order chi connectivity index (χ0) is 9.14. The van der Waals surface area contributed by atoms with E-state index in [1.165, 1.54) is 0 Å². The number of ketones is 1. The molecule has 0 radical (unpaired) electrons. The first-order valence-corrected chi connectivity index (χ1v) is 4.36. The lowest BCUT2D eigenvalue weighted by Crippen LogP contribution is -2.25. The maximum atomic E-state index is 11.2. The van der Waals surface area contributed by atoms with Crippen molar-refractivity contribution in [2.75, 3.05) is 6.61 Å². The third kappa shape index (κ3) is 1.65. The molecular formula is C9H14O3. The van der Waals surface area contributed by atoms with E-state index in [0.717, 1.165) is 6.42 Å². The molecule has 0 bridgehead atoms. The maximum Gasteiger partial charge on any atom is 0.316 e. The SMILES string of the molecule is CCOC(=O)C1C(=O)CCC1C. The third-order valence-corrected chi connectivity index (χ3v) is 2.30. The minimum absolute atomic E-state index is 0.0425. The van der Waals surface area contributed by atoms with Gasteiger partial charge in [0.2, 0.25) is 0 Å². The van der Waals surface area contributed by atoms with Gasteiger partial charge in [-0.2, -0.15) is 0 Å². The van der Waals surface area contributed by atoms with Gasteiger partial charge in [0.1, 0.15) is 11.7 Å². The zero-order valence-corrected chi connectivity index (χ0v) is 7.50. The Kier molecular flexibility index (Phi) is 2.84. The summed E-state index contributed by atoms with van der Waals surface area (Å²) in [5.41, 5.74) is 0. The molecule has 2 atom stereocenters. The molecule has 68 valence electrons. The summed E-state index contributed by atoms with van der Waals surface area (Å²) in [7, 11) is 0. The van der Waals surface area contributed by atoms with Crippen LogP contribution in [0.5, 0.6) is 0 Å². The molecule has 0 aromatic heterocycles. The van der Waals surface area contributed by atoms with Crippen LogP contribution < -0.4 is 0 Å². The van der Waals surface area contributed by atoms with E-state index in [1.807, 2.05) is 6.92 Å². The van der Waals surface area contributed by atoms with Gasteiger partial charge in [-0.15, -0.1) is 0 Å². The van der Waals surface area contributed by atoms with E-state index < -0.39 is 5.92 Å². The molecule has 2 unspecified atom stereocenters. The Labute approximate surface area is 72.1 Å². The van der Waals surface area contributed by atoms with E-state index in [-0.39, 0.29) is 17.7 Å². The number of hydrogen-bond acceptors (Lipinski definition) is 3. The molecule has 1 fully saturated rings. The van der Waals surface area contributed by atoms with Crippen molar-refractivity contribution in [3.05, 3.63) is 0 Å². The van der Waals surface area contributed by atoms with Crippen LogP contribution >= 0.6 is 0 Å². The molecular weight excluding hydrogens is 156 g/mol. The Morgan fingerprint density at radius 2 is 2.33 bits per heavy atom. The van der Waals surface area contributed by atoms with Gasteiger partial charge < -0.3 is 4.74 Å². The Balaban J connectivity index is 2.59. The molecule has 0 N–H and O–H groups in total. The summed E-state index contributed by atoms with van der Waals surface area (Å²) in [6.45, 7) is 4.03. The quantitative estimate of drug-likeness (QED) is 0.461. The van der Waals surface area contributed by atoms with Crippen molar-refractivity contribution < 1.29 is 14.3 Å². The normalized spacial score (nSPS) is 29.0. The molecule has 12 heavy (non-hydrogen) atoms. The fourth-order valence-corrected chi connectivity index (χ4v) is 1.61. The minimum Gasteiger partial charge on any atom is -0.465 e. The number of esters is 1. The Bertz CT molecular complexity index is 198. The highest BCUT2D eigenvalue weighted by Crippen LogP contribution is 2.28. The molecule has 1 rings (SSSR count). The largest absolute Gasteiger partial charge is 0.465 e. The van der Waals surface area contributed by atoms with Gasteiger partial charge in [0.15, 0.2) is 0 Å². The lowest BCUT2D eigenvalue weighted by atomic mass is 9.98. The molecule has 0 spiro atoms. The van der Waals surface area contributed by atoms with Crippen molar-refractivity contribution in [2.45, 2.75) is 26.7 Å². The van der Waals surface area contributed by atoms with E-state index in [9.17, 15) is 9.59 Å². The first-order chi connectivity index (χ1) is 5.66. The van der Waals surface area contributed by atoms with Gasteiger partial charge in [0.25, 0.3) is 0 Å². The summed E-state index contributed by atoms with van der Waals surface area (Å²) in [5, 5.41) is 0. The molecule has 0 heterocycles. The van der Waals surface area contributed by atoms with Crippen LogP contribution in [0.1, 0.15) is 26.7 Å². The van der Waals surface area contributed by atoms with Gasteiger partial charge in [0, 0.05) is 6.42 Å². The van der Waals surface area contributed by atoms with Gasteiger partial charge in [0.05, 0.1) is 6.61 Å². The van der Waals surface area contributed by atoms with Crippen molar-refractivity contribution in [3.8, 4) is 0 Å². The lowest BCUT2D eigenvalue weighted by molar-refractivity contribution is -0.151. The van der Waals surface area contributed by atoms with Crippen LogP contribution in [-0.4, -0.2) is 18.4 Å². The minimum atomic E-state index is -0.482. The fraction of sp³-hybridized carbons (Fsp3) is 0.778. The molecule has 0 aromatic carbocycles. The van der Waals surface area contributed by atoms with Crippen molar-refractivity contribution in [1.82, 2.24) is 0 Å². The second kappa shape index (κ2) is 3.70. The van der Waals surface area contributed by atoms with Crippen LogP contribution in [0.3, 0.4) is 0 Å². The van der Waals surface area contributed by atoms with Crippen molar-refractivity contribution in [1.29, 1.82) is 0 Å². The predicted molar refractivity (Wildman–Crippen MR) is 43.5 cm³/mol. The average Bonchev–Trinajstić information content (AvgIpc) is 2.32. The molecule has 1 saturated carbocycles. The van der Waals surface area contributed by atoms with Crippen molar-refractivity contribution in [2.24, 2.45) is 11.8 Å². The van der Waals surface area contributed by atoms with Crippen molar-refractivity contribution >= 4 is 11.8 Å². The maximum absolute atomic E-state index is 11.2. The van der Waals surface area contributed by atoms with Gasteiger partial charge in [-0.1, -0.05) is 6.92 Å². The van der Waals surface area contributed by atoms with Crippen molar-refractivity contribution in [3.63, 3.8) is 0 Å². The number of carbonyl (C=O) groups excluding carboxylic acids is 2. The molecule has 0 saturated heterocycles. The number of carbonyl (C=O) groups is 2. The Morgan fingerprint density at radius 1 is 1.67 bits per heavy atom. The Hall–Kier alpha value is -0.860. The van der Waals surface area contributed by atoms with Crippen LogP contribution in [0.4, 0.5) is 0 Å². The Morgan fingerprint density at radius 3 is 2.75 bits per heavy atom. The molecule has 0 aromatic rings. The van der Waals surface area contributed by atoms with Gasteiger partial charge in [-0.25, -0.2) is 0 Å².